The minimum Gasteiger partial charge on any atom is -0.224 e. The number of nitrogens with two attached hydrogens (primary N) is 1. The summed E-state index contributed by atoms with van der Waals surface area (Å²) < 4.78 is 61.7. The lowest BCUT2D eigenvalue weighted by atomic mass is 10.4. The SMILES string of the molecule is NS(=O)(=O)c1ccc(CNS(=O)(=O)c2ccccc2F)s1. The highest BCUT2D eigenvalue weighted by Crippen LogP contribution is 2.21. The Balaban J connectivity index is 2.16. The smallest absolute Gasteiger partial charge is 0.224 e. The van der Waals surface area contributed by atoms with Crippen molar-refractivity contribution in [2.45, 2.75) is 15.6 Å². The standard InChI is InChI=1S/C11H11FN2O4S3/c12-9-3-1-2-4-10(9)21(17,18)14-7-8-5-6-11(19-8)20(13,15)16/h1-6,14H,7H2,(H2,13,15,16). The third-order valence-corrected chi connectivity index (χ3v) is 6.44. The van der Waals surface area contributed by atoms with Gasteiger partial charge in [0.1, 0.15) is 14.9 Å². The second-order valence-corrected chi connectivity index (χ2v) is 8.71. The van der Waals surface area contributed by atoms with Crippen molar-refractivity contribution in [3.63, 3.8) is 0 Å². The third kappa shape index (κ3) is 3.86. The highest BCUT2D eigenvalue weighted by Gasteiger charge is 2.19. The lowest BCUT2D eigenvalue weighted by Crippen LogP contribution is -2.23. The normalized spacial score (nSPS) is 12.5. The molecule has 0 amide bonds. The van der Waals surface area contributed by atoms with E-state index >= 15 is 0 Å². The molecule has 0 atom stereocenters. The third-order valence-electron chi connectivity index (χ3n) is 2.48. The molecule has 2 rings (SSSR count). The lowest BCUT2D eigenvalue weighted by Gasteiger charge is -2.06. The number of thiophene rings is 1. The zero-order chi connectivity index (χ0) is 15.7. The predicted octanol–water partition coefficient (Wildman–Crippen LogP) is 1.01. The van der Waals surface area contributed by atoms with E-state index in [2.05, 4.69) is 4.72 Å². The van der Waals surface area contributed by atoms with Crippen LogP contribution < -0.4 is 9.86 Å². The maximum atomic E-state index is 13.5. The van der Waals surface area contributed by atoms with E-state index in [-0.39, 0.29) is 10.8 Å². The Labute approximate surface area is 125 Å². The molecule has 3 N–H and O–H groups in total. The van der Waals surface area contributed by atoms with Gasteiger partial charge >= 0.3 is 0 Å². The zero-order valence-electron chi connectivity index (χ0n) is 10.5. The van der Waals surface area contributed by atoms with Gasteiger partial charge in [0, 0.05) is 11.4 Å². The molecular formula is C11H11FN2O4S3. The quantitative estimate of drug-likeness (QED) is 0.839. The minimum absolute atomic E-state index is 0.0670. The van der Waals surface area contributed by atoms with E-state index in [4.69, 9.17) is 5.14 Å². The molecule has 0 fully saturated rings. The first-order chi connectivity index (χ1) is 9.70. The van der Waals surface area contributed by atoms with Crippen LogP contribution in [0.3, 0.4) is 0 Å². The van der Waals surface area contributed by atoms with Crippen LogP contribution in [-0.2, 0) is 26.6 Å². The van der Waals surface area contributed by atoms with Gasteiger partial charge in [0.25, 0.3) is 0 Å². The molecule has 2 aromatic rings. The van der Waals surface area contributed by atoms with Gasteiger partial charge in [0.05, 0.1) is 0 Å². The van der Waals surface area contributed by atoms with E-state index in [1.807, 2.05) is 0 Å². The van der Waals surface area contributed by atoms with Crippen molar-refractivity contribution < 1.29 is 21.2 Å². The average molecular weight is 350 g/mol. The van der Waals surface area contributed by atoms with Gasteiger partial charge in [-0.1, -0.05) is 12.1 Å². The number of halogens is 1. The molecule has 0 bridgehead atoms. The molecule has 21 heavy (non-hydrogen) atoms. The Morgan fingerprint density at radius 3 is 2.33 bits per heavy atom. The van der Waals surface area contributed by atoms with Crippen LogP contribution in [0.4, 0.5) is 4.39 Å². The molecular weight excluding hydrogens is 339 g/mol. The summed E-state index contributed by atoms with van der Waals surface area (Å²) in [6.07, 6.45) is 0. The van der Waals surface area contributed by atoms with Crippen molar-refractivity contribution in [2.75, 3.05) is 0 Å². The first-order valence-electron chi connectivity index (χ1n) is 5.56. The van der Waals surface area contributed by atoms with E-state index in [1.54, 1.807) is 0 Å². The molecule has 1 aromatic heterocycles. The summed E-state index contributed by atoms with van der Waals surface area (Å²) in [6.45, 7) is -0.156. The number of rotatable bonds is 5. The maximum absolute atomic E-state index is 13.5. The monoisotopic (exact) mass is 350 g/mol. The number of primary sulfonamides is 1. The first-order valence-corrected chi connectivity index (χ1v) is 9.40. The molecule has 0 aliphatic heterocycles. The van der Waals surface area contributed by atoms with E-state index in [0.29, 0.717) is 4.88 Å². The molecule has 10 heteroatoms. The van der Waals surface area contributed by atoms with E-state index in [1.165, 1.54) is 24.3 Å². The van der Waals surface area contributed by atoms with Crippen molar-refractivity contribution >= 4 is 31.4 Å². The van der Waals surface area contributed by atoms with Crippen LogP contribution in [0.1, 0.15) is 4.88 Å². The average Bonchev–Trinajstić information content (AvgIpc) is 2.85. The fourth-order valence-electron chi connectivity index (χ4n) is 1.51. The molecule has 0 saturated carbocycles. The Bertz CT molecular complexity index is 859. The summed E-state index contributed by atoms with van der Waals surface area (Å²) in [6, 6.07) is 7.69. The number of sulfonamides is 2. The van der Waals surface area contributed by atoms with Crippen LogP contribution in [-0.4, -0.2) is 16.8 Å². The number of benzene rings is 1. The summed E-state index contributed by atoms with van der Waals surface area (Å²) in [5.41, 5.74) is 0. The molecule has 0 unspecified atom stereocenters. The van der Waals surface area contributed by atoms with Crippen molar-refractivity contribution in [2.24, 2.45) is 5.14 Å². The minimum atomic E-state index is -4.01. The van der Waals surface area contributed by atoms with Gasteiger partial charge in [-0.25, -0.2) is 31.1 Å². The summed E-state index contributed by atoms with van der Waals surface area (Å²) in [7, 11) is -7.83. The molecule has 0 radical (unpaired) electrons. The van der Waals surface area contributed by atoms with Crippen LogP contribution in [0.2, 0.25) is 0 Å². The molecule has 0 aliphatic carbocycles. The first kappa shape index (κ1) is 16.0. The number of hydrogen-bond donors (Lipinski definition) is 2. The van der Waals surface area contributed by atoms with Gasteiger partial charge in [-0.05, 0) is 24.3 Å². The molecule has 114 valence electrons. The highest BCUT2D eigenvalue weighted by molar-refractivity contribution is 7.91. The summed E-state index contributed by atoms with van der Waals surface area (Å²) in [5.74, 6) is -0.860. The van der Waals surface area contributed by atoms with E-state index in [0.717, 1.165) is 23.5 Å². The molecule has 0 aliphatic rings. The number of hydrogen-bond acceptors (Lipinski definition) is 5. The van der Waals surface area contributed by atoms with Crippen LogP contribution in [0.15, 0.2) is 45.5 Å². The van der Waals surface area contributed by atoms with Gasteiger partial charge in [-0.3, -0.25) is 0 Å². The largest absolute Gasteiger partial charge is 0.247 e. The summed E-state index contributed by atoms with van der Waals surface area (Å²) in [5, 5.41) is 4.96. The number of nitrogens with one attached hydrogen (secondary N) is 1. The van der Waals surface area contributed by atoms with Gasteiger partial charge in [0.15, 0.2) is 0 Å². The predicted molar refractivity (Wildman–Crippen MR) is 76.1 cm³/mol. The Morgan fingerprint density at radius 1 is 1.10 bits per heavy atom. The van der Waals surface area contributed by atoms with E-state index < -0.39 is 30.8 Å². The van der Waals surface area contributed by atoms with Crippen molar-refractivity contribution in [3.05, 3.63) is 47.1 Å². The fourth-order valence-corrected chi connectivity index (χ4v) is 4.41. The van der Waals surface area contributed by atoms with Gasteiger partial charge < -0.3 is 0 Å². The molecule has 0 saturated heterocycles. The summed E-state index contributed by atoms with van der Waals surface area (Å²) in [4.78, 5) is -0.0211. The molecule has 1 heterocycles. The highest BCUT2D eigenvalue weighted by atomic mass is 32.2. The molecule has 1 aromatic carbocycles. The van der Waals surface area contributed by atoms with Crippen LogP contribution in [0, 0.1) is 5.82 Å². The molecule has 0 spiro atoms. The fraction of sp³-hybridized carbons (Fsp3) is 0.0909. The van der Waals surface area contributed by atoms with Gasteiger partial charge in [-0.2, -0.15) is 0 Å². The van der Waals surface area contributed by atoms with Crippen LogP contribution in [0.25, 0.3) is 0 Å². The topological polar surface area (TPSA) is 106 Å². The zero-order valence-corrected chi connectivity index (χ0v) is 12.9. The van der Waals surface area contributed by atoms with E-state index in [9.17, 15) is 21.2 Å². The molecule has 6 nitrogen and oxygen atoms in total. The second kappa shape index (κ2) is 5.81. The maximum Gasteiger partial charge on any atom is 0.247 e. The lowest BCUT2D eigenvalue weighted by molar-refractivity contribution is 0.557. The Kier molecular flexibility index (Phi) is 4.44. The second-order valence-electron chi connectivity index (χ2n) is 4.02. The Morgan fingerprint density at radius 2 is 1.76 bits per heavy atom. The van der Waals surface area contributed by atoms with Gasteiger partial charge in [0.2, 0.25) is 20.0 Å². The summed E-state index contributed by atoms with van der Waals surface area (Å²) >= 11 is 0.846. The van der Waals surface area contributed by atoms with Gasteiger partial charge in [-0.15, -0.1) is 11.3 Å². The van der Waals surface area contributed by atoms with Crippen molar-refractivity contribution in [1.82, 2.24) is 4.72 Å². The van der Waals surface area contributed by atoms with Crippen molar-refractivity contribution in [3.8, 4) is 0 Å². The van der Waals surface area contributed by atoms with Crippen LogP contribution >= 0.6 is 11.3 Å². The van der Waals surface area contributed by atoms with Crippen molar-refractivity contribution in [1.29, 1.82) is 0 Å². The van der Waals surface area contributed by atoms with Crippen LogP contribution in [0.5, 0.6) is 0 Å². The Hall–Kier alpha value is -1.33.